The minimum Gasteiger partial charge on any atom is -0.451 e. The lowest BCUT2D eigenvalue weighted by Gasteiger charge is -2.39. The Morgan fingerprint density at radius 3 is 2.32 bits per heavy atom. The second-order valence-corrected chi connectivity index (χ2v) is 7.60. The molecule has 1 saturated heterocycles. The fourth-order valence-electron chi connectivity index (χ4n) is 4.57. The molecule has 2 unspecified atom stereocenters. The number of hydrogen-bond acceptors (Lipinski definition) is 3. The van der Waals surface area contributed by atoms with Crippen molar-refractivity contribution >= 4 is 11.9 Å². The molecule has 122 valence electrons. The summed E-state index contributed by atoms with van der Waals surface area (Å²) in [6, 6.07) is 0. The van der Waals surface area contributed by atoms with E-state index in [9.17, 15) is 9.59 Å². The van der Waals surface area contributed by atoms with E-state index < -0.39 is 5.60 Å². The number of likely N-dealkylation sites (tertiary alicyclic amines) is 1. The highest BCUT2D eigenvalue weighted by atomic mass is 16.6. The van der Waals surface area contributed by atoms with E-state index >= 15 is 0 Å². The summed E-state index contributed by atoms with van der Waals surface area (Å²) in [6.45, 7) is 7.75. The molecule has 1 spiro atoms. The van der Waals surface area contributed by atoms with Gasteiger partial charge in [-0.2, -0.15) is 0 Å². The maximum absolute atomic E-state index is 13.2. The third-order valence-electron chi connectivity index (χ3n) is 5.46. The Labute approximate surface area is 132 Å². The molecule has 0 N–H and O–H groups in total. The Bertz CT molecular complexity index is 506. The molecule has 0 aromatic rings. The Morgan fingerprint density at radius 2 is 1.73 bits per heavy atom. The molecule has 1 saturated carbocycles. The molecule has 1 aliphatic carbocycles. The first-order valence-electron chi connectivity index (χ1n) is 8.67. The number of carbonyl (C=O) groups excluding carboxylic acids is 2. The van der Waals surface area contributed by atoms with Crippen molar-refractivity contribution in [2.24, 2.45) is 11.8 Å². The van der Waals surface area contributed by atoms with E-state index in [1.54, 1.807) is 6.92 Å². The Kier molecular flexibility index (Phi) is 4.04. The van der Waals surface area contributed by atoms with Crippen molar-refractivity contribution in [2.75, 3.05) is 13.1 Å². The van der Waals surface area contributed by atoms with Crippen molar-refractivity contribution in [3.8, 4) is 0 Å². The van der Waals surface area contributed by atoms with E-state index in [0.29, 0.717) is 23.0 Å². The van der Waals surface area contributed by atoms with Gasteiger partial charge in [-0.15, -0.1) is 0 Å². The van der Waals surface area contributed by atoms with Crippen LogP contribution in [0.4, 0.5) is 0 Å². The summed E-state index contributed by atoms with van der Waals surface area (Å²) in [6.07, 6.45) is 6.00. The minimum atomic E-state index is -0.625. The van der Waals surface area contributed by atoms with Crippen LogP contribution in [0.1, 0.15) is 59.3 Å². The Morgan fingerprint density at radius 1 is 1.14 bits per heavy atom. The lowest BCUT2D eigenvalue weighted by molar-refractivity contribution is -0.150. The van der Waals surface area contributed by atoms with Gasteiger partial charge < -0.3 is 9.64 Å². The van der Waals surface area contributed by atoms with Crippen molar-refractivity contribution in [1.29, 1.82) is 0 Å². The number of carbonyl (C=O) groups is 2. The third-order valence-corrected chi connectivity index (χ3v) is 5.46. The molecule has 4 nitrogen and oxygen atoms in total. The summed E-state index contributed by atoms with van der Waals surface area (Å²) in [7, 11) is 0. The van der Waals surface area contributed by atoms with E-state index in [4.69, 9.17) is 4.74 Å². The largest absolute Gasteiger partial charge is 0.451 e. The van der Waals surface area contributed by atoms with Gasteiger partial charge in [0.2, 0.25) is 0 Å². The van der Waals surface area contributed by atoms with Gasteiger partial charge in [-0.05, 0) is 50.9 Å². The van der Waals surface area contributed by atoms with Crippen LogP contribution in [0.3, 0.4) is 0 Å². The first-order chi connectivity index (χ1) is 10.4. The summed E-state index contributed by atoms with van der Waals surface area (Å²) in [5, 5.41) is 0. The van der Waals surface area contributed by atoms with Crippen LogP contribution >= 0.6 is 0 Å². The van der Waals surface area contributed by atoms with Gasteiger partial charge in [-0.25, -0.2) is 4.79 Å². The summed E-state index contributed by atoms with van der Waals surface area (Å²) in [5.41, 5.74) is 0.580. The lowest BCUT2D eigenvalue weighted by Crippen LogP contribution is -2.47. The van der Waals surface area contributed by atoms with Gasteiger partial charge in [0.05, 0.1) is 5.57 Å². The van der Waals surface area contributed by atoms with E-state index in [1.807, 2.05) is 4.90 Å². The normalized spacial score (nSPS) is 31.6. The Balaban J connectivity index is 1.89. The molecule has 2 heterocycles. The molecule has 0 aromatic carbocycles. The van der Waals surface area contributed by atoms with Crippen LogP contribution in [-0.4, -0.2) is 35.5 Å². The average molecular weight is 305 g/mol. The topological polar surface area (TPSA) is 46.6 Å². The summed E-state index contributed by atoms with van der Waals surface area (Å²) in [4.78, 5) is 27.2. The fraction of sp³-hybridized carbons (Fsp3) is 0.778. The average Bonchev–Trinajstić information content (AvgIpc) is 2.69. The molecule has 2 atom stereocenters. The standard InChI is InChI=1S/C18H27NO3/c1-12-9-13(2)11-19(10-12)16(20)15-14(3)17(21)22-18(15)7-5-4-6-8-18/h12-13H,4-11H2,1-3H3. The highest BCUT2D eigenvalue weighted by Gasteiger charge is 2.50. The number of nitrogens with zero attached hydrogens (tertiary/aromatic N) is 1. The van der Waals surface area contributed by atoms with E-state index in [-0.39, 0.29) is 11.9 Å². The van der Waals surface area contributed by atoms with Gasteiger partial charge in [-0.1, -0.05) is 20.3 Å². The first-order valence-corrected chi connectivity index (χ1v) is 8.67. The van der Waals surface area contributed by atoms with E-state index in [0.717, 1.165) is 45.2 Å². The van der Waals surface area contributed by atoms with Crippen LogP contribution in [0.25, 0.3) is 0 Å². The molecule has 4 heteroatoms. The molecular formula is C18H27NO3. The van der Waals surface area contributed by atoms with Crippen molar-refractivity contribution < 1.29 is 14.3 Å². The number of ether oxygens (including phenoxy) is 1. The molecule has 0 bridgehead atoms. The molecule has 0 radical (unpaired) electrons. The number of rotatable bonds is 1. The molecule has 0 aromatic heterocycles. The molecule has 1 amide bonds. The SMILES string of the molecule is CC1=C(C(=O)N2CC(C)CC(C)C2)C2(CCCCC2)OC1=O. The van der Waals surface area contributed by atoms with Crippen LogP contribution in [0.2, 0.25) is 0 Å². The fourth-order valence-corrected chi connectivity index (χ4v) is 4.57. The minimum absolute atomic E-state index is 0.0450. The molecule has 2 fully saturated rings. The zero-order valence-corrected chi connectivity index (χ0v) is 14.0. The first kappa shape index (κ1) is 15.6. The van der Waals surface area contributed by atoms with Crippen molar-refractivity contribution in [2.45, 2.75) is 64.9 Å². The highest BCUT2D eigenvalue weighted by molar-refractivity contribution is 6.07. The number of hydrogen-bond donors (Lipinski definition) is 0. The monoisotopic (exact) mass is 305 g/mol. The second-order valence-electron chi connectivity index (χ2n) is 7.60. The third kappa shape index (κ3) is 2.57. The van der Waals surface area contributed by atoms with Crippen molar-refractivity contribution in [3.63, 3.8) is 0 Å². The van der Waals surface area contributed by atoms with Gasteiger partial charge >= 0.3 is 5.97 Å². The highest BCUT2D eigenvalue weighted by Crippen LogP contribution is 2.44. The Hall–Kier alpha value is -1.32. The van der Waals surface area contributed by atoms with Gasteiger partial charge in [0.1, 0.15) is 5.60 Å². The summed E-state index contributed by atoms with van der Waals surface area (Å²) < 4.78 is 5.72. The molecular weight excluding hydrogens is 278 g/mol. The second kappa shape index (κ2) is 5.71. The summed E-state index contributed by atoms with van der Waals surface area (Å²) >= 11 is 0. The van der Waals surface area contributed by atoms with E-state index in [2.05, 4.69) is 13.8 Å². The van der Waals surface area contributed by atoms with Crippen LogP contribution in [0.5, 0.6) is 0 Å². The zero-order chi connectivity index (χ0) is 15.9. The van der Waals surface area contributed by atoms with Crippen molar-refractivity contribution in [3.05, 3.63) is 11.1 Å². The van der Waals surface area contributed by atoms with Gasteiger partial charge in [0.25, 0.3) is 5.91 Å². The molecule has 3 aliphatic rings. The number of esters is 1. The maximum atomic E-state index is 13.2. The lowest BCUT2D eigenvalue weighted by atomic mass is 9.78. The zero-order valence-electron chi connectivity index (χ0n) is 14.0. The van der Waals surface area contributed by atoms with Crippen molar-refractivity contribution in [1.82, 2.24) is 4.90 Å². The van der Waals surface area contributed by atoms with E-state index in [1.165, 1.54) is 6.42 Å². The molecule has 22 heavy (non-hydrogen) atoms. The van der Waals surface area contributed by atoms with Gasteiger partial charge in [-0.3, -0.25) is 4.79 Å². The van der Waals surface area contributed by atoms with Gasteiger partial charge in [0, 0.05) is 18.7 Å². The van der Waals surface area contributed by atoms with Crippen LogP contribution in [0.15, 0.2) is 11.1 Å². The smallest absolute Gasteiger partial charge is 0.335 e. The quantitative estimate of drug-likeness (QED) is 0.699. The predicted octanol–water partition coefficient (Wildman–Crippen LogP) is 3.07. The van der Waals surface area contributed by atoms with Crippen LogP contribution in [-0.2, 0) is 14.3 Å². The number of piperidine rings is 1. The van der Waals surface area contributed by atoms with Crippen LogP contribution < -0.4 is 0 Å². The molecule has 2 aliphatic heterocycles. The predicted molar refractivity (Wildman–Crippen MR) is 84.1 cm³/mol. The number of amides is 1. The molecule has 3 rings (SSSR count). The summed E-state index contributed by atoms with van der Waals surface area (Å²) in [5.74, 6) is 0.801. The maximum Gasteiger partial charge on any atom is 0.335 e. The van der Waals surface area contributed by atoms with Gasteiger partial charge in [0.15, 0.2) is 0 Å². The van der Waals surface area contributed by atoms with Crippen LogP contribution in [0, 0.1) is 11.8 Å².